The van der Waals surface area contributed by atoms with Crippen LogP contribution in [0.5, 0.6) is 0 Å². The van der Waals surface area contributed by atoms with Gasteiger partial charge in [0.2, 0.25) is 5.91 Å². The summed E-state index contributed by atoms with van der Waals surface area (Å²) in [4.78, 5) is 12.2. The molecule has 0 atom stereocenters. The Hall–Kier alpha value is -0.910. The summed E-state index contributed by atoms with van der Waals surface area (Å²) in [5.41, 5.74) is 0.916. The Kier molecular flexibility index (Phi) is 5.16. The Labute approximate surface area is 112 Å². The number of carbonyl (C=O) groups excluding carboxylic acids is 1. The second kappa shape index (κ2) is 6.87. The first-order chi connectivity index (χ1) is 8.75. The molecule has 18 heavy (non-hydrogen) atoms. The highest BCUT2D eigenvalue weighted by Crippen LogP contribution is 2.28. The lowest BCUT2D eigenvalue weighted by molar-refractivity contribution is -0.114. The molecule has 0 saturated heterocycles. The molecule has 2 rings (SSSR count). The van der Waals surface area contributed by atoms with Gasteiger partial charge in [-0.15, -0.1) is 11.3 Å². The fourth-order valence-corrected chi connectivity index (χ4v) is 2.46. The zero-order valence-corrected chi connectivity index (χ0v) is 11.5. The molecule has 4 nitrogen and oxygen atoms in total. The maximum atomic E-state index is 11.0. The van der Waals surface area contributed by atoms with Gasteiger partial charge in [-0.25, -0.2) is 0 Å². The molecule has 0 spiro atoms. The standard InChI is InChI=1S/C13H20N2O2S/c1-10(16)15-12-4-7-18-13(12)8-14-5-6-17-9-11-2-3-11/h4,7,11,14H,2-3,5-6,8-9H2,1H3,(H,15,16). The summed E-state index contributed by atoms with van der Waals surface area (Å²) < 4.78 is 5.54. The van der Waals surface area contributed by atoms with Gasteiger partial charge in [-0.05, 0) is 30.2 Å². The number of hydrogen-bond acceptors (Lipinski definition) is 4. The Morgan fingerprint density at radius 2 is 2.39 bits per heavy atom. The minimum Gasteiger partial charge on any atom is -0.380 e. The normalized spacial score (nSPS) is 14.7. The smallest absolute Gasteiger partial charge is 0.221 e. The number of anilines is 1. The molecule has 1 aliphatic rings. The molecular weight excluding hydrogens is 248 g/mol. The molecule has 1 aromatic rings. The second-order valence-corrected chi connectivity index (χ2v) is 5.63. The van der Waals surface area contributed by atoms with E-state index in [1.807, 2.05) is 11.4 Å². The van der Waals surface area contributed by atoms with Crippen molar-refractivity contribution in [2.24, 2.45) is 5.92 Å². The van der Waals surface area contributed by atoms with E-state index in [2.05, 4.69) is 10.6 Å². The highest BCUT2D eigenvalue weighted by molar-refractivity contribution is 7.10. The minimum atomic E-state index is -0.0255. The average Bonchev–Trinajstić information content (AvgIpc) is 3.05. The quantitative estimate of drug-likeness (QED) is 0.711. The van der Waals surface area contributed by atoms with Crippen molar-refractivity contribution in [3.8, 4) is 0 Å². The van der Waals surface area contributed by atoms with Crippen LogP contribution in [0.4, 0.5) is 5.69 Å². The van der Waals surface area contributed by atoms with Crippen LogP contribution in [0.15, 0.2) is 11.4 Å². The number of nitrogens with one attached hydrogen (secondary N) is 2. The molecule has 1 amide bonds. The van der Waals surface area contributed by atoms with Crippen molar-refractivity contribution in [1.29, 1.82) is 0 Å². The molecule has 1 fully saturated rings. The van der Waals surface area contributed by atoms with Gasteiger partial charge in [0.25, 0.3) is 0 Å². The van der Waals surface area contributed by atoms with E-state index in [9.17, 15) is 4.79 Å². The van der Waals surface area contributed by atoms with Crippen LogP contribution in [0.25, 0.3) is 0 Å². The molecule has 0 radical (unpaired) electrons. The molecule has 1 aliphatic carbocycles. The summed E-state index contributed by atoms with van der Waals surface area (Å²) in [5.74, 6) is 0.802. The van der Waals surface area contributed by atoms with Crippen LogP contribution in [-0.2, 0) is 16.1 Å². The summed E-state index contributed by atoms with van der Waals surface area (Å²) in [6.45, 7) is 4.83. The van der Waals surface area contributed by atoms with Crippen LogP contribution in [0.3, 0.4) is 0 Å². The van der Waals surface area contributed by atoms with E-state index >= 15 is 0 Å². The number of carbonyl (C=O) groups is 1. The van der Waals surface area contributed by atoms with Crippen LogP contribution < -0.4 is 10.6 Å². The van der Waals surface area contributed by atoms with Gasteiger partial charge in [0.15, 0.2) is 0 Å². The molecule has 2 N–H and O–H groups in total. The maximum absolute atomic E-state index is 11.0. The highest BCUT2D eigenvalue weighted by Gasteiger charge is 2.20. The largest absolute Gasteiger partial charge is 0.380 e. The predicted molar refractivity (Wildman–Crippen MR) is 73.9 cm³/mol. The second-order valence-electron chi connectivity index (χ2n) is 4.63. The molecule has 100 valence electrons. The molecule has 0 unspecified atom stereocenters. The fraction of sp³-hybridized carbons (Fsp3) is 0.615. The minimum absolute atomic E-state index is 0.0255. The lowest BCUT2D eigenvalue weighted by atomic mass is 10.3. The van der Waals surface area contributed by atoms with E-state index in [0.29, 0.717) is 0 Å². The topological polar surface area (TPSA) is 50.4 Å². The first-order valence-corrected chi connectivity index (χ1v) is 7.26. The first kappa shape index (κ1) is 13.5. The van der Waals surface area contributed by atoms with Crippen LogP contribution in [-0.4, -0.2) is 25.7 Å². The van der Waals surface area contributed by atoms with Crippen LogP contribution in [0, 0.1) is 5.92 Å². The Balaban J connectivity index is 1.59. The van der Waals surface area contributed by atoms with Gasteiger partial charge >= 0.3 is 0 Å². The fourth-order valence-electron chi connectivity index (χ4n) is 1.66. The van der Waals surface area contributed by atoms with Gasteiger partial charge in [0, 0.05) is 31.5 Å². The number of hydrogen-bond donors (Lipinski definition) is 2. The third-order valence-electron chi connectivity index (χ3n) is 2.82. The highest BCUT2D eigenvalue weighted by atomic mass is 32.1. The molecule has 0 bridgehead atoms. The van der Waals surface area contributed by atoms with E-state index in [1.165, 1.54) is 19.8 Å². The third kappa shape index (κ3) is 4.76. The maximum Gasteiger partial charge on any atom is 0.221 e. The van der Waals surface area contributed by atoms with Crippen molar-refractivity contribution in [2.45, 2.75) is 26.3 Å². The van der Waals surface area contributed by atoms with Crippen molar-refractivity contribution >= 4 is 22.9 Å². The predicted octanol–water partition coefficient (Wildman–Crippen LogP) is 2.22. The monoisotopic (exact) mass is 268 g/mol. The zero-order valence-electron chi connectivity index (χ0n) is 10.7. The molecule has 5 heteroatoms. The Morgan fingerprint density at radius 3 is 3.11 bits per heavy atom. The number of amides is 1. The number of rotatable bonds is 8. The van der Waals surface area contributed by atoms with E-state index in [1.54, 1.807) is 11.3 Å². The van der Waals surface area contributed by atoms with Gasteiger partial charge in [0.1, 0.15) is 0 Å². The number of ether oxygens (including phenoxy) is 1. The van der Waals surface area contributed by atoms with E-state index in [0.717, 1.165) is 42.8 Å². The van der Waals surface area contributed by atoms with Crippen LogP contribution in [0.2, 0.25) is 0 Å². The lowest BCUT2D eigenvalue weighted by Crippen LogP contribution is -2.20. The summed E-state index contributed by atoms with van der Waals surface area (Å²) >= 11 is 1.65. The molecule has 0 aromatic carbocycles. The van der Waals surface area contributed by atoms with Gasteiger partial charge in [-0.3, -0.25) is 4.79 Å². The van der Waals surface area contributed by atoms with Gasteiger partial charge in [0.05, 0.1) is 12.3 Å². The summed E-state index contributed by atoms with van der Waals surface area (Å²) in [6, 6.07) is 1.94. The summed E-state index contributed by atoms with van der Waals surface area (Å²) in [7, 11) is 0. The average molecular weight is 268 g/mol. The molecule has 1 aromatic heterocycles. The summed E-state index contributed by atoms with van der Waals surface area (Å²) in [6.07, 6.45) is 2.67. The first-order valence-electron chi connectivity index (χ1n) is 6.38. The van der Waals surface area contributed by atoms with Crippen molar-refractivity contribution in [2.75, 3.05) is 25.1 Å². The van der Waals surface area contributed by atoms with E-state index in [-0.39, 0.29) is 5.91 Å². The van der Waals surface area contributed by atoms with Gasteiger partial charge < -0.3 is 15.4 Å². The number of thiophene rings is 1. The summed E-state index contributed by atoms with van der Waals surface area (Å²) in [5, 5.41) is 8.15. The zero-order chi connectivity index (χ0) is 12.8. The van der Waals surface area contributed by atoms with E-state index in [4.69, 9.17) is 4.74 Å². The molecule has 1 saturated carbocycles. The third-order valence-corrected chi connectivity index (χ3v) is 3.74. The van der Waals surface area contributed by atoms with Gasteiger partial charge in [-0.2, -0.15) is 0 Å². The van der Waals surface area contributed by atoms with Crippen molar-refractivity contribution in [1.82, 2.24) is 5.32 Å². The van der Waals surface area contributed by atoms with Crippen molar-refractivity contribution in [3.63, 3.8) is 0 Å². The van der Waals surface area contributed by atoms with Crippen molar-refractivity contribution in [3.05, 3.63) is 16.3 Å². The van der Waals surface area contributed by atoms with Crippen LogP contribution >= 0.6 is 11.3 Å². The van der Waals surface area contributed by atoms with Gasteiger partial charge in [-0.1, -0.05) is 0 Å². The Morgan fingerprint density at radius 1 is 1.56 bits per heavy atom. The molecule has 1 heterocycles. The van der Waals surface area contributed by atoms with Crippen molar-refractivity contribution < 1.29 is 9.53 Å². The Bertz CT molecular complexity index is 388. The van der Waals surface area contributed by atoms with E-state index < -0.39 is 0 Å². The lowest BCUT2D eigenvalue weighted by Gasteiger charge is -2.07. The van der Waals surface area contributed by atoms with Crippen LogP contribution in [0.1, 0.15) is 24.6 Å². The molecule has 0 aliphatic heterocycles. The SMILES string of the molecule is CC(=O)Nc1ccsc1CNCCOCC1CC1. The molecular formula is C13H20N2O2S.